The van der Waals surface area contributed by atoms with Gasteiger partial charge in [-0.2, -0.15) is 0 Å². The van der Waals surface area contributed by atoms with Gasteiger partial charge >= 0.3 is 0 Å². The van der Waals surface area contributed by atoms with Crippen LogP contribution >= 0.6 is 0 Å². The summed E-state index contributed by atoms with van der Waals surface area (Å²) in [6.07, 6.45) is 5.15. The minimum absolute atomic E-state index is 0.187. The summed E-state index contributed by atoms with van der Waals surface area (Å²) in [5.74, 6) is -0.187. The van der Waals surface area contributed by atoms with Gasteiger partial charge in [-0.25, -0.2) is 0 Å². The Hall–Kier alpha value is -3.21. The number of pyridine rings is 2. The lowest BCUT2D eigenvalue weighted by Crippen LogP contribution is -2.23. The number of aromatic nitrogens is 2. The SMILES string of the molecule is Cc1ccc(CNC(=O)c2cc(NCc3ccncc3)ccn2)cc1. The van der Waals surface area contributed by atoms with Crippen molar-refractivity contribution in [3.8, 4) is 0 Å². The normalized spacial score (nSPS) is 10.3. The molecular weight excluding hydrogens is 312 g/mol. The molecule has 0 aliphatic rings. The van der Waals surface area contributed by atoms with Crippen LogP contribution in [0.15, 0.2) is 67.1 Å². The smallest absolute Gasteiger partial charge is 0.270 e. The van der Waals surface area contributed by atoms with E-state index in [-0.39, 0.29) is 5.91 Å². The first-order chi connectivity index (χ1) is 12.2. The van der Waals surface area contributed by atoms with Crippen molar-refractivity contribution in [1.82, 2.24) is 15.3 Å². The number of anilines is 1. The summed E-state index contributed by atoms with van der Waals surface area (Å²) in [5.41, 5.74) is 4.63. The van der Waals surface area contributed by atoms with Crippen LogP contribution in [0, 0.1) is 6.92 Å². The van der Waals surface area contributed by atoms with Gasteiger partial charge in [-0.15, -0.1) is 0 Å². The average molecular weight is 332 g/mol. The second-order valence-electron chi connectivity index (χ2n) is 5.81. The lowest BCUT2D eigenvalue weighted by molar-refractivity contribution is 0.0946. The van der Waals surface area contributed by atoms with Crippen molar-refractivity contribution in [3.63, 3.8) is 0 Å². The molecule has 2 N–H and O–H groups in total. The first kappa shape index (κ1) is 16.6. The summed E-state index contributed by atoms with van der Waals surface area (Å²) in [4.78, 5) is 20.5. The molecule has 0 fully saturated rings. The number of hydrogen-bond acceptors (Lipinski definition) is 4. The van der Waals surface area contributed by atoms with Crippen LogP contribution in [0.5, 0.6) is 0 Å². The van der Waals surface area contributed by atoms with Crippen molar-refractivity contribution in [2.24, 2.45) is 0 Å². The monoisotopic (exact) mass is 332 g/mol. The summed E-state index contributed by atoms with van der Waals surface area (Å²) < 4.78 is 0. The van der Waals surface area contributed by atoms with Gasteiger partial charge in [0.05, 0.1) is 0 Å². The van der Waals surface area contributed by atoms with Gasteiger partial charge in [-0.1, -0.05) is 29.8 Å². The molecule has 0 aliphatic carbocycles. The summed E-state index contributed by atoms with van der Waals surface area (Å²) >= 11 is 0. The zero-order chi connectivity index (χ0) is 17.5. The van der Waals surface area contributed by atoms with Crippen molar-refractivity contribution < 1.29 is 4.79 Å². The molecule has 3 rings (SSSR count). The van der Waals surface area contributed by atoms with Crippen LogP contribution in [0.3, 0.4) is 0 Å². The molecule has 2 aromatic heterocycles. The molecule has 5 nitrogen and oxygen atoms in total. The van der Waals surface area contributed by atoms with Crippen molar-refractivity contribution in [1.29, 1.82) is 0 Å². The van der Waals surface area contributed by atoms with Crippen LogP contribution in [0.25, 0.3) is 0 Å². The van der Waals surface area contributed by atoms with E-state index in [4.69, 9.17) is 0 Å². The van der Waals surface area contributed by atoms with Gasteiger partial charge in [0.1, 0.15) is 5.69 Å². The van der Waals surface area contributed by atoms with Gasteiger partial charge in [0.25, 0.3) is 5.91 Å². The van der Waals surface area contributed by atoms with Gasteiger partial charge < -0.3 is 10.6 Å². The van der Waals surface area contributed by atoms with E-state index in [2.05, 4.69) is 20.6 Å². The standard InChI is InChI=1S/C20H20N4O/c1-15-2-4-16(5-3-15)14-24-20(25)19-12-18(8-11-22-19)23-13-17-6-9-21-10-7-17/h2-12H,13-14H2,1H3,(H,22,23)(H,24,25). The van der Waals surface area contributed by atoms with Crippen LogP contribution in [-0.4, -0.2) is 15.9 Å². The maximum Gasteiger partial charge on any atom is 0.270 e. The van der Waals surface area contributed by atoms with Crippen molar-refractivity contribution >= 4 is 11.6 Å². The van der Waals surface area contributed by atoms with Crippen LogP contribution < -0.4 is 10.6 Å². The topological polar surface area (TPSA) is 66.9 Å². The molecule has 5 heteroatoms. The highest BCUT2D eigenvalue weighted by molar-refractivity contribution is 5.93. The Labute approximate surface area is 147 Å². The van der Waals surface area contributed by atoms with Crippen LogP contribution in [0.4, 0.5) is 5.69 Å². The number of nitrogens with zero attached hydrogens (tertiary/aromatic N) is 2. The van der Waals surface area contributed by atoms with Gasteiger partial charge in [0, 0.05) is 37.4 Å². The molecule has 2 heterocycles. The van der Waals surface area contributed by atoms with Gasteiger partial charge in [-0.05, 0) is 42.3 Å². The molecule has 1 aromatic carbocycles. The Morgan fingerprint density at radius 2 is 1.64 bits per heavy atom. The summed E-state index contributed by atoms with van der Waals surface area (Å²) in [6.45, 7) is 3.18. The fourth-order valence-corrected chi connectivity index (χ4v) is 2.35. The van der Waals surface area contributed by atoms with Gasteiger partial charge in [0.2, 0.25) is 0 Å². The molecule has 126 valence electrons. The molecule has 0 aliphatic heterocycles. The van der Waals surface area contributed by atoms with Crippen molar-refractivity contribution in [3.05, 3.63) is 89.5 Å². The quantitative estimate of drug-likeness (QED) is 0.726. The molecule has 0 radical (unpaired) electrons. The van der Waals surface area contributed by atoms with E-state index in [0.717, 1.165) is 16.8 Å². The van der Waals surface area contributed by atoms with E-state index in [0.29, 0.717) is 18.8 Å². The predicted octanol–water partition coefficient (Wildman–Crippen LogP) is 3.33. The fraction of sp³-hybridized carbons (Fsp3) is 0.150. The number of carbonyl (C=O) groups is 1. The van der Waals surface area contributed by atoms with Crippen molar-refractivity contribution in [2.75, 3.05) is 5.32 Å². The molecule has 0 bridgehead atoms. The number of aryl methyl sites for hydroxylation is 1. The largest absolute Gasteiger partial charge is 0.381 e. The molecule has 0 saturated carbocycles. The minimum atomic E-state index is -0.187. The van der Waals surface area contributed by atoms with Crippen LogP contribution in [0.1, 0.15) is 27.2 Å². The predicted molar refractivity (Wildman–Crippen MR) is 98.1 cm³/mol. The number of amides is 1. The number of rotatable bonds is 6. The zero-order valence-corrected chi connectivity index (χ0v) is 14.1. The van der Waals surface area contributed by atoms with E-state index in [1.54, 1.807) is 24.7 Å². The first-order valence-corrected chi connectivity index (χ1v) is 8.13. The average Bonchev–Trinajstić information content (AvgIpc) is 2.67. The fourth-order valence-electron chi connectivity index (χ4n) is 2.35. The Balaban J connectivity index is 1.58. The van der Waals surface area contributed by atoms with Crippen LogP contribution in [-0.2, 0) is 13.1 Å². The Kier molecular flexibility index (Phi) is 5.36. The number of hydrogen-bond donors (Lipinski definition) is 2. The molecule has 1 amide bonds. The van der Waals surface area contributed by atoms with Gasteiger partial charge in [0.15, 0.2) is 0 Å². The molecule has 0 spiro atoms. The highest BCUT2D eigenvalue weighted by atomic mass is 16.1. The van der Waals surface area contributed by atoms with E-state index in [1.807, 2.05) is 49.4 Å². The number of benzene rings is 1. The molecule has 3 aromatic rings. The summed E-state index contributed by atoms with van der Waals surface area (Å²) in [5, 5.41) is 6.19. The van der Waals surface area contributed by atoms with E-state index < -0.39 is 0 Å². The molecule has 25 heavy (non-hydrogen) atoms. The Bertz CT molecular complexity index is 832. The van der Waals surface area contributed by atoms with E-state index in [1.165, 1.54) is 5.56 Å². The highest BCUT2D eigenvalue weighted by Crippen LogP contribution is 2.10. The highest BCUT2D eigenvalue weighted by Gasteiger charge is 2.08. The molecule has 0 unspecified atom stereocenters. The van der Waals surface area contributed by atoms with Gasteiger partial charge in [-0.3, -0.25) is 14.8 Å². The summed E-state index contributed by atoms with van der Waals surface area (Å²) in [6, 6.07) is 15.6. The number of carbonyl (C=O) groups excluding carboxylic acids is 1. The van der Waals surface area contributed by atoms with E-state index in [9.17, 15) is 4.79 Å². The maximum absolute atomic E-state index is 12.3. The second kappa shape index (κ2) is 8.06. The molecular formula is C20H20N4O. The molecule has 0 atom stereocenters. The second-order valence-corrected chi connectivity index (χ2v) is 5.81. The number of nitrogens with one attached hydrogen (secondary N) is 2. The molecule has 0 saturated heterocycles. The lowest BCUT2D eigenvalue weighted by atomic mass is 10.1. The minimum Gasteiger partial charge on any atom is -0.381 e. The van der Waals surface area contributed by atoms with Crippen LogP contribution in [0.2, 0.25) is 0 Å². The van der Waals surface area contributed by atoms with E-state index >= 15 is 0 Å². The third-order valence-corrected chi connectivity index (χ3v) is 3.81. The lowest BCUT2D eigenvalue weighted by Gasteiger charge is -2.09. The first-order valence-electron chi connectivity index (χ1n) is 8.13. The Morgan fingerprint density at radius 1 is 0.920 bits per heavy atom. The van der Waals surface area contributed by atoms with Crippen molar-refractivity contribution in [2.45, 2.75) is 20.0 Å². The zero-order valence-electron chi connectivity index (χ0n) is 14.1. The Morgan fingerprint density at radius 3 is 2.40 bits per heavy atom. The third kappa shape index (κ3) is 4.88. The summed E-state index contributed by atoms with van der Waals surface area (Å²) in [7, 11) is 0. The third-order valence-electron chi connectivity index (χ3n) is 3.81. The maximum atomic E-state index is 12.3.